The van der Waals surface area contributed by atoms with Crippen LogP contribution in [0.2, 0.25) is 0 Å². The molecule has 1 fully saturated rings. The minimum Gasteiger partial charge on any atom is -0.361 e. The van der Waals surface area contributed by atoms with Crippen molar-refractivity contribution >= 4 is 5.91 Å². The molecule has 0 bridgehead atoms. The maximum Gasteiger partial charge on any atom is 0.230 e. The highest BCUT2D eigenvalue weighted by Crippen LogP contribution is 2.37. The van der Waals surface area contributed by atoms with Crippen LogP contribution in [0.5, 0.6) is 0 Å². The number of hydrogen-bond acceptors (Lipinski definition) is 4. The summed E-state index contributed by atoms with van der Waals surface area (Å²) in [7, 11) is 3.70. The molecule has 0 saturated carbocycles. The summed E-state index contributed by atoms with van der Waals surface area (Å²) in [6, 6.07) is 12.0. The Kier molecular flexibility index (Phi) is 5.94. The fraction of sp³-hybridized carbons (Fsp3) is 0.565. The Morgan fingerprint density at radius 3 is 2.61 bits per heavy atom. The molecule has 1 saturated heterocycles. The first kappa shape index (κ1) is 20.6. The maximum atomic E-state index is 13.2. The second kappa shape index (κ2) is 8.08. The topological polar surface area (TPSA) is 49.6 Å². The number of likely N-dealkylation sites (tertiary alicyclic amines) is 1. The summed E-state index contributed by atoms with van der Waals surface area (Å²) < 4.78 is 5.67. The van der Waals surface area contributed by atoms with Gasteiger partial charge in [0, 0.05) is 45.2 Å². The summed E-state index contributed by atoms with van der Waals surface area (Å²) in [5.41, 5.74) is 1.60. The van der Waals surface area contributed by atoms with Crippen LogP contribution in [0.4, 0.5) is 0 Å². The van der Waals surface area contributed by atoms with Crippen LogP contribution in [-0.4, -0.2) is 54.6 Å². The molecule has 0 aliphatic carbocycles. The van der Waals surface area contributed by atoms with Gasteiger partial charge in [-0.05, 0) is 24.8 Å². The van der Waals surface area contributed by atoms with E-state index in [2.05, 4.69) is 30.8 Å². The molecule has 28 heavy (non-hydrogen) atoms. The van der Waals surface area contributed by atoms with Gasteiger partial charge in [0.15, 0.2) is 0 Å². The normalized spacial score (nSPS) is 20.9. The number of benzene rings is 1. The smallest absolute Gasteiger partial charge is 0.230 e. The van der Waals surface area contributed by atoms with Gasteiger partial charge in [-0.3, -0.25) is 4.79 Å². The summed E-state index contributed by atoms with van der Waals surface area (Å²) in [5, 5.41) is 4.25. The molecule has 0 radical (unpaired) electrons. The number of piperidine rings is 1. The molecule has 2 aromatic rings. The highest BCUT2D eigenvalue weighted by atomic mass is 16.5. The zero-order chi connectivity index (χ0) is 20.4. The monoisotopic (exact) mass is 383 g/mol. The number of rotatable bonds is 5. The van der Waals surface area contributed by atoms with Crippen molar-refractivity contribution in [1.82, 2.24) is 15.0 Å². The van der Waals surface area contributed by atoms with Gasteiger partial charge in [-0.15, -0.1) is 0 Å². The Morgan fingerprint density at radius 1 is 1.25 bits per heavy atom. The first-order chi connectivity index (χ1) is 13.2. The Hall–Kier alpha value is -2.14. The molecule has 2 heterocycles. The Balaban J connectivity index is 1.85. The number of carbonyl (C=O) groups is 1. The molecule has 0 N–H and O–H groups in total. The largest absolute Gasteiger partial charge is 0.361 e. The number of aromatic nitrogens is 1. The third-order valence-electron chi connectivity index (χ3n) is 5.35. The molecule has 0 spiro atoms. The molecule has 3 rings (SSSR count). The van der Waals surface area contributed by atoms with Crippen LogP contribution < -0.4 is 0 Å². The molecule has 1 aliphatic heterocycles. The third-order valence-corrected chi connectivity index (χ3v) is 5.35. The van der Waals surface area contributed by atoms with Gasteiger partial charge >= 0.3 is 0 Å². The fourth-order valence-corrected chi connectivity index (χ4v) is 4.38. The van der Waals surface area contributed by atoms with E-state index in [1.807, 2.05) is 50.5 Å². The average molecular weight is 384 g/mol. The second-order valence-electron chi connectivity index (χ2n) is 9.58. The van der Waals surface area contributed by atoms with E-state index in [1.54, 1.807) is 4.90 Å². The molecular formula is C23H33N3O2. The maximum absolute atomic E-state index is 13.2. The summed E-state index contributed by atoms with van der Waals surface area (Å²) in [4.78, 5) is 17.4. The third kappa shape index (κ3) is 4.82. The van der Waals surface area contributed by atoms with Crippen LogP contribution in [0.1, 0.15) is 39.4 Å². The van der Waals surface area contributed by atoms with Crippen molar-refractivity contribution in [2.75, 3.05) is 33.7 Å². The van der Waals surface area contributed by atoms with Gasteiger partial charge < -0.3 is 14.3 Å². The Labute approximate surface area is 168 Å². The minimum absolute atomic E-state index is 0.184. The highest BCUT2D eigenvalue weighted by Gasteiger charge is 2.44. The van der Waals surface area contributed by atoms with Crippen LogP contribution in [0.3, 0.4) is 0 Å². The van der Waals surface area contributed by atoms with E-state index in [9.17, 15) is 4.79 Å². The number of hydrogen-bond donors (Lipinski definition) is 0. The predicted octanol–water partition coefficient (Wildman–Crippen LogP) is 4.10. The molecule has 1 aliphatic rings. The summed E-state index contributed by atoms with van der Waals surface area (Å²) in [6.45, 7) is 9.55. The molecule has 1 atom stereocenters. The van der Waals surface area contributed by atoms with E-state index in [0.29, 0.717) is 6.42 Å². The van der Waals surface area contributed by atoms with E-state index >= 15 is 0 Å². The zero-order valence-electron chi connectivity index (χ0n) is 17.9. The van der Waals surface area contributed by atoms with Gasteiger partial charge in [0.05, 0.1) is 5.41 Å². The SMILES string of the molecule is CN(C)C(=O)C1(Cc2cc(-c3ccccc3)no2)CCCN(CC(C)(C)C)C1. The lowest BCUT2D eigenvalue weighted by Crippen LogP contribution is -2.54. The minimum atomic E-state index is -0.458. The predicted molar refractivity (Wildman–Crippen MR) is 112 cm³/mol. The van der Waals surface area contributed by atoms with E-state index in [1.165, 1.54) is 0 Å². The van der Waals surface area contributed by atoms with Crippen LogP contribution in [-0.2, 0) is 11.2 Å². The average Bonchev–Trinajstić information content (AvgIpc) is 3.09. The quantitative estimate of drug-likeness (QED) is 0.780. The lowest BCUT2D eigenvalue weighted by atomic mass is 9.74. The van der Waals surface area contributed by atoms with Gasteiger partial charge in [-0.25, -0.2) is 0 Å². The van der Waals surface area contributed by atoms with E-state index in [4.69, 9.17) is 4.52 Å². The van der Waals surface area contributed by atoms with Crippen molar-refractivity contribution < 1.29 is 9.32 Å². The van der Waals surface area contributed by atoms with Gasteiger partial charge in [-0.1, -0.05) is 56.3 Å². The molecule has 1 amide bonds. The number of amides is 1. The van der Waals surface area contributed by atoms with Gasteiger partial charge in [0.25, 0.3) is 0 Å². The van der Waals surface area contributed by atoms with Crippen molar-refractivity contribution in [3.8, 4) is 11.3 Å². The standard InChI is InChI=1S/C23H33N3O2/c1-22(2,3)16-26-13-9-12-23(17-26,21(27)25(4)5)15-19-14-20(24-28-19)18-10-7-6-8-11-18/h6-8,10-11,14H,9,12-13,15-17H2,1-5H3. The van der Waals surface area contributed by atoms with Crippen molar-refractivity contribution in [2.24, 2.45) is 10.8 Å². The Morgan fingerprint density at radius 2 is 1.96 bits per heavy atom. The molecule has 1 unspecified atom stereocenters. The van der Waals surface area contributed by atoms with Crippen LogP contribution in [0.15, 0.2) is 40.9 Å². The summed E-state index contributed by atoms with van der Waals surface area (Å²) in [6.07, 6.45) is 2.49. The van der Waals surface area contributed by atoms with Crippen molar-refractivity contribution in [2.45, 2.75) is 40.0 Å². The van der Waals surface area contributed by atoms with Crippen molar-refractivity contribution in [3.05, 3.63) is 42.2 Å². The first-order valence-electron chi connectivity index (χ1n) is 10.1. The summed E-state index contributed by atoms with van der Waals surface area (Å²) in [5.74, 6) is 0.968. The van der Waals surface area contributed by atoms with Gasteiger partial charge in [0.1, 0.15) is 11.5 Å². The molecular weight excluding hydrogens is 350 g/mol. The van der Waals surface area contributed by atoms with Gasteiger partial charge in [0.2, 0.25) is 5.91 Å². The van der Waals surface area contributed by atoms with Crippen LogP contribution in [0, 0.1) is 10.8 Å². The van der Waals surface area contributed by atoms with Crippen molar-refractivity contribution in [1.29, 1.82) is 0 Å². The van der Waals surface area contributed by atoms with E-state index < -0.39 is 5.41 Å². The second-order valence-corrected chi connectivity index (χ2v) is 9.58. The molecule has 1 aromatic carbocycles. The fourth-order valence-electron chi connectivity index (χ4n) is 4.38. The molecule has 152 valence electrons. The van der Waals surface area contributed by atoms with E-state index in [-0.39, 0.29) is 11.3 Å². The van der Waals surface area contributed by atoms with Crippen molar-refractivity contribution in [3.63, 3.8) is 0 Å². The van der Waals surface area contributed by atoms with Crippen LogP contribution >= 0.6 is 0 Å². The number of carbonyl (C=O) groups excluding carboxylic acids is 1. The van der Waals surface area contributed by atoms with Crippen LogP contribution in [0.25, 0.3) is 11.3 Å². The first-order valence-corrected chi connectivity index (χ1v) is 10.1. The molecule has 5 heteroatoms. The number of nitrogens with zero attached hydrogens (tertiary/aromatic N) is 3. The Bertz CT molecular complexity index is 792. The highest BCUT2D eigenvalue weighted by molar-refractivity contribution is 5.83. The lowest BCUT2D eigenvalue weighted by Gasteiger charge is -2.44. The molecule has 5 nitrogen and oxygen atoms in total. The molecule has 1 aromatic heterocycles. The summed E-state index contributed by atoms with van der Waals surface area (Å²) >= 11 is 0. The zero-order valence-corrected chi connectivity index (χ0v) is 17.9. The van der Waals surface area contributed by atoms with Gasteiger partial charge in [-0.2, -0.15) is 0 Å². The lowest BCUT2D eigenvalue weighted by molar-refractivity contribution is -0.143. The van der Waals surface area contributed by atoms with E-state index in [0.717, 1.165) is 49.5 Å².